The Labute approximate surface area is 138 Å². The standard InChI is InChI=1S/C17H16N4OS/c1-12-16(23-11-18-12)17(22)20-10-14(21-8-4-7-19-21)9-13-5-2-3-6-15(13)20/h2-8,11,14H,9-10H2,1H3/t14-/m0/s1. The molecule has 0 saturated heterocycles. The van der Waals surface area contributed by atoms with E-state index in [0.29, 0.717) is 11.4 Å². The van der Waals surface area contributed by atoms with E-state index in [1.165, 1.54) is 16.9 Å². The van der Waals surface area contributed by atoms with Gasteiger partial charge >= 0.3 is 0 Å². The molecular formula is C17H16N4OS. The monoisotopic (exact) mass is 324 g/mol. The van der Waals surface area contributed by atoms with E-state index in [2.05, 4.69) is 16.1 Å². The van der Waals surface area contributed by atoms with Crippen LogP contribution in [-0.2, 0) is 6.42 Å². The Morgan fingerprint density at radius 3 is 2.91 bits per heavy atom. The highest BCUT2D eigenvalue weighted by molar-refractivity contribution is 7.12. The van der Waals surface area contributed by atoms with Crippen LogP contribution < -0.4 is 4.90 Å². The van der Waals surface area contributed by atoms with Crippen LogP contribution in [0.4, 0.5) is 5.69 Å². The van der Waals surface area contributed by atoms with Gasteiger partial charge in [0.15, 0.2) is 0 Å². The van der Waals surface area contributed by atoms with Crippen molar-refractivity contribution in [3.8, 4) is 0 Å². The summed E-state index contributed by atoms with van der Waals surface area (Å²) in [6.45, 7) is 2.50. The number of rotatable bonds is 2. The summed E-state index contributed by atoms with van der Waals surface area (Å²) >= 11 is 1.40. The maximum absolute atomic E-state index is 13.0. The topological polar surface area (TPSA) is 51.0 Å². The number of thiazole rings is 1. The van der Waals surface area contributed by atoms with Crippen molar-refractivity contribution < 1.29 is 4.79 Å². The number of carbonyl (C=O) groups excluding carboxylic acids is 1. The Morgan fingerprint density at radius 2 is 2.17 bits per heavy atom. The highest BCUT2D eigenvalue weighted by Gasteiger charge is 2.31. The van der Waals surface area contributed by atoms with Crippen LogP contribution in [0.1, 0.15) is 27.0 Å². The molecule has 1 aliphatic rings. The van der Waals surface area contributed by atoms with Crippen molar-refractivity contribution in [2.24, 2.45) is 0 Å². The minimum atomic E-state index is 0.0225. The number of hydrogen-bond donors (Lipinski definition) is 0. The van der Waals surface area contributed by atoms with Crippen LogP contribution in [0.15, 0.2) is 48.2 Å². The van der Waals surface area contributed by atoms with Gasteiger partial charge in [-0.3, -0.25) is 9.48 Å². The molecule has 0 spiro atoms. The summed E-state index contributed by atoms with van der Waals surface area (Å²) in [6, 6.07) is 10.2. The molecular weight excluding hydrogens is 308 g/mol. The maximum Gasteiger partial charge on any atom is 0.270 e. The fourth-order valence-electron chi connectivity index (χ4n) is 3.07. The zero-order valence-corrected chi connectivity index (χ0v) is 13.5. The first-order valence-electron chi connectivity index (χ1n) is 7.53. The second kappa shape index (κ2) is 5.62. The van der Waals surface area contributed by atoms with E-state index in [1.54, 1.807) is 11.7 Å². The van der Waals surface area contributed by atoms with Crippen LogP contribution in [0.25, 0.3) is 0 Å². The molecule has 1 aromatic carbocycles. The van der Waals surface area contributed by atoms with Gasteiger partial charge in [-0.2, -0.15) is 5.10 Å². The predicted molar refractivity (Wildman–Crippen MR) is 89.9 cm³/mol. The average molecular weight is 324 g/mol. The van der Waals surface area contributed by atoms with Gasteiger partial charge in [0, 0.05) is 24.6 Å². The lowest BCUT2D eigenvalue weighted by Crippen LogP contribution is -2.41. The Kier molecular flexibility index (Phi) is 3.46. The minimum Gasteiger partial charge on any atom is -0.305 e. The first-order valence-corrected chi connectivity index (χ1v) is 8.41. The molecule has 0 unspecified atom stereocenters. The molecule has 0 N–H and O–H groups in total. The lowest BCUT2D eigenvalue weighted by molar-refractivity contribution is 0.0983. The van der Waals surface area contributed by atoms with E-state index in [-0.39, 0.29) is 11.9 Å². The van der Waals surface area contributed by atoms with Crippen molar-refractivity contribution in [2.45, 2.75) is 19.4 Å². The lowest BCUT2D eigenvalue weighted by atomic mass is 9.97. The van der Waals surface area contributed by atoms with Gasteiger partial charge in [0.2, 0.25) is 0 Å². The van der Waals surface area contributed by atoms with Gasteiger partial charge in [0.1, 0.15) is 4.88 Å². The number of anilines is 1. The Morgan fingerprint density at radius 1 is 1.30 bits per heavy atom. The summed E-state index contributed by atoms with van der Waals surface area (Å²) in [7, 11) is 0. The van der Waals surface area contributed by atoms with Crippen molar-refractivity contribution in [1.82, 2.24) is 14.8 Å². The predicted octanol–water partition coefficient (Wildman–Crippen LogP) is 3.09. The Hall–Kier alpha value is -2.47. The number of benzene rings is 1. The number of amides is 1. The van der Waals surface area contributed by atoms with Crippen LogP contribution in [0.3, 0.4) is 0 Å². The molecule has 0 aliphatic carbocycles. The molecule has 0 bridgehead atoms. The van der Waals surface area contributed by atoms with Gasteiger partial charge in [-0.25, -0.2) is 4.98 Å². The molecule has 6 heteroatoms. The fraction of sp³-hybridized carbons (Fsp3) is 0.235. The number of fused-ring (bicyclic) bond motifs is 1. The first kappa shape index (κ1) is 14.1. The highest BCUT2D eigenvalue weighted by Crippen LogP contribution is 2.33. The zero-order chi connectivity index (χ0) is 15.8. The number of aromatic nitrogens is 3. The van der Waals surface area contributed by atoms with Gasteiger partial charge in [-0.1, -0.05) is 18.2 Å². The number of aryl methyl sites for hydroxylation is 1. The second-order valence-electron chi connectivity index (χ2n) is 5.66. The second-order valence-corrected chi connectivity index (χ2v) is 6.51. The molecule has 1 amide bonds. The zero-order valence-electron chi connectivity index (χ0n) is 12.7. The summed E-state index contributed by atoms with van der Waals surface area (Å²) < 4.78 is 1.94. The van der Waals surface area contributed by atoms with Crippen molar-refractivity contribution in [2.75, 3.05) is 11.4 Å². The maximum atomic E-state index is 13.0. The van der Waals surface area contributed by atoms with Crippen LogP contribution in [0, 0.1) is 6.92 Å². The molecule has 0 saturated carbocycles. The minimum absolute atomic E-state index is 0.0225. The molecule has 5 nitrogen and oxygen atoms in total. The fourth-order valence-corrected chi connectivity index (χ4v) is 3.82. The van der Waals surface area contributed by atoms with Gasteiger partial charge in [-0.05, 0) is 31.0 Å². The quantitative estimate of drug-likeness (QED) is 0.728. The molecule has 4 rings (SSSR count). The molecule has 1 atom stereocenters. The molecule has 2 aromatic heterocycles. The molecule has 3 aromatic rings. The van der Waals surface area contributed by atoms with Gasteiger partial charge < -0.3 is 4.90 Å². The summed E-state index contributed by atoms with van der Waals surface area (Å²) in [4.78, 5) is 19.8. The van der Waals surface area contributed by atoms with Crippen LogP contribution >= 0.6 is 11.3 Å². The van der Waals surface area contributed by atoms with Crippen molar-refractivity contribution in [3.63, 3.8) is 0 Å². The van der Waals surface area contributed by atoms with Gasteiger partial charge in [0.05, 0.1) is 17.2 Å². The van der Waals surface area contributed by atoms with E-state index < -0.39 is 0 Å². The van der Waals surface area contributed by atoms with E-state index in [4.69, 9.17) is 0 Å². The van der Waals surface area contributed by atoms with Crippen LogP contribution in [0.2, 0.25) is 0 Å². The highest BCUT2D eigenvalue weighted by atomic mass is 32.1. The lowest BCUT2D eigenvalue weighted by Gasteiger charge is -2.34. The smallest absolute Gasteiger partial charge is 0.270 e. The van der Waals surface area contributed by atoms with Crippen molar-refractivity contribution in [1.29, 1.82) is 0 Å². The number of nitrogens with zero attached hydrogens (tertiary/aromatic N) is 4. The SMILES string of the molecule is Cc1ncsc1C(=O)N1C[C@@H](n2cccn2)Cc2ccccc21. The van der Waals surface area contributed by atoms with Gasteiger partial charge in [-0.15, -0.1) is 11.3 Å². The summed E-state index contributed by atoms with van der Waals surface area (Å²) in [5.41, 5.74) is 4.69. The molecule has 0 fully saturated rings. The Balaban J connectivity index is 1.75. The molecule has 1 aliphatic heterocycles. The van der Waals surface area contributed by atoms with Gasteiger partial charge in [0.25, 0.3) is 5.91 Å². The molecule has 116 valence electrons. The molecule has 3 heterocycles. The van der Waals surface area contributed by atoms with Crippen LogP contribution in [0.5, 0.6) is 0 Å². The summed E-state index contributed by atoms with van der Waals surface area (Å²) in [5.74, 6) is 0.0225. The van der Waals surface area contributed by atoms with Crippen LogP contribution in [-0.4, -0.2) is 27.2 Å². The number of carbonyl (C=O) groups is 1. The molecule has 0 radical (unpaired) electrons. The average Bonchev–Trinajstić information content (AvgIpc) is 3.24. The van der Waals surface area contributed by atoms with Crippen molar-refractivity contribution in [3.05, 3.63) is 64.4 Å². The summed E-state index contributed by atoms with van der Waals surface area (Å²) in [6.07, 6.45) is 4.61. The van der Waals surface area contributed by atoms with E-state index in [9.17, 15) is 4.79 Å². The molecule has 23 heavy (non-hydrogen) atoms. The van der Waals surface area contributed by atoms with E-state index >= 15 is 0 Å². The summed E-state index contributed by atoms with van der Waals surface area (Å²) in [5, 5.41) is 4.36. The van der Waals surface area contributed by atoms with Crippen molar-refractivity contribution >= 4 is 22.9 Å². The Bertz CT molecular complexity index is 840. The number of para-hydroxylation sites is 1. The van der Waals surface area contributed by atoms with E-state index in [0.717, 1.165) is 17.8 Å². The number of hydrogen-bond acceptors (Lipinski definition) is 4. The third-order valence-electron chi connectivity index (χ3n) is 4.22. The largest absolute Gasteiger partial charge is 0.305 e. The first-order chi connectivity index (χ1) is 11.2. The third-order valence-corrected chi connectivity index (χ3v) is 5.13. The third kappa shape index (κ3) is 2.45. The van der Waals surface area contributed by atoms with E-state index in [1.807, 2.05) is 47.0 Å². The normalized spacial score (nSPS) is 17.1.